The highest BCUT2D eigenvalue weighted by atomic mass is 32.1. The van der Waals surface area contributed by atoms with Gasteiger partial charge >= 0.3 is 0 Å². The van der Waals surface area contributed by atoms with Gasteiger partial charge in [-0.15, -0.1) is 22.7 Å². The van der Waals surface area contributed by atoms with Crippen LogP contribution in [0.4, 0.5) is 0 Å². The molecule has 0 aliphatic heterocycles. The van der Waals surface area contributed by atoms with E-state index in [4.69, 9.17) is 4.98 Å². The molecule has 0 bridgehead atoms. The van der Waals surface area contributed by atoms with Crippen molar-refractivity contribution in [1.29, 1.82) is 0 Å². The summed E-state index contributed by atoms with van der Waals surface area (Å²) in [7, 11) is 0. The van der Waals surface area contributed by atoms with E-state index in [9.17, 15) is 0 Å². The molecule has 10 aromatic carbocycles. The van der Waals surface area contributed by atoms with Gasteiger partial charge in [-0.2, -0.15) is 0 Å². The van der Waals surface area contributed by atoms with E-state index in [1.807, 2.05) is 11.3 Å². The summed E-state index contributed by atoms with van der Waals surface area (Å²) in [6, 6.07) is 80.4. The summed E-state index contributed by atoms with van der Waals surface area (Å²) in [6.45, 7) is 0. The van der Waals surface area contributed by atoms with Gasteiger partial charge in [0.05, 0.1) is 32.3 Å². The molecule has 4 aromatic heterocycles. The topological polar surface area (TPSA) is 22.8 Å². The van der Waals surface area contributed by atoms with Gasteiger partial charge < -0.3 is 9.13 Å². The molecule has 0 spiro atoms. The zero-order valence-electron chi connectivity index (χ0n) is 39.1. The molecule has 0 saturated carbocycles. The summed E-state index contributed by atoms with van der Waals surface area (Å²) in [5.41, 5.74) is 19.0. The first-order valence-corrected chi connectivity index (χ1v) is 26.4. The third-order valence-corrected chi connectivity index (χ3v) is 17.2. The van der Waals surface area contributed by atoms with Crippen molar-refractivity contribution in [3.63, 3.8) is 0 Å². The molecule has 0 fully saturated rings. The van der Waals surface area contributed by atoms with Gasteiger partial charge in [-0.1, -0.05) is 176 Å². The van der Waals surface area contributed by atoms with Crippen LogP contribution in [-0.4, -0.2) is 14.1 Å². The number of hydrogen-bond acceptors (Lipinski definition) is 3. The Labute approximate surface area is 424 Å². The van der Waals surface area contributed by atoms with Crippen LogP contribution in [-0.2, 0) is 0 Å². The smallest absolute Gasteiger partial charge is 0.126 e. The predicted octanol–water partition coefficient (Wildman–Crippen LogP) is 19.4. The van der Waals surface area contributed by atoms with Crippen molar-refractivity contribution < 1.29 is 0 Å². The second-order valence-electron chi connectivity index (χ2n) is 18.9. The van der Waals surface area contributed by atoms with Gasteiger partial charge in [0, 0.05) is 69.8 Å². The molecule has 0 radical (unpaired) electrons. The lowest BCUT2D eigenvalue weighted by molar-refractivity contribution is 1.02. The van der Waals surface area contributed by atoms with Gasteiger partial charge in [-0.3, -0.25) is 0 Å². The molecular formula is C67H43N3S2. The highest BCUT2D eigenvalue weighted by Gasteiger charge is 2.21. The Balaban J connectivity index is 0.831. The number of allylic oxidation sites excluding steroid dienone is 4. The normalized spacial score (nSPS) is 12.9. The molecule has 0 N–H and O–H groups in total. The van der Waals surface area contributed by atoms with Crippen LogP contribution in [0.5, 0.6) is 0 Å². The molecule has 15 rings (SSSR count). The van der Waals surface area contributed by atoms with Crippen molar-refractivity contribution in [2.75, 3.05) is 0 Å². The third-order valence-electron chi connectivity index (χ3n) is 14.8. The first kappa shape index (κ1) is 41.2. The van der Waals surface area contributed by atoms with E-state index in [0.29, 0.717) is 0 Å². The van der Waals surface area contributed by atoms with Crippen molar-refractivity contribution in [3.8, 4) is 60.8 Å². The molecule has 5 heteroatoms. The summed E-state index contributed by atoms with van der Waals surface area (Å²) >= 11 is 3.67. The summed E-state index contributed by atoms with van der Waals surface area (Å²) in [5, 5.41) is 8.68. The maximum Gasteiger partial charge on any atom is 0.126 e. The number of nitrogens with zero attached hydrogens (tertiary/aromatic N) is 3. The van der Waals surface area contributed by atoms with E-state index in [1.54, 1.807) is 11.3 Å². The van der Waals surface area contributed by atoms with Crippen molar-refractivity contribution >= 4 is 102 Å². The van der Waals surface area contributed by atoms with Crippen molar-refractivity contribution in [2.24, 2.45) is 0 Å². The lowest BCUT2D eigenvalue weighted by Crippen LogP contribution is -1.96. The SMILES string of the molecule is C1=CC(n2c3ccccc3c3cc(-c4ccc(-c5ccc(-c6ccc(-c7ccc8c(c7)c7ccccc7n8-c7ccccc7)cc6)c6sc(-c7cccc8c7sc7ccccc78)nc56)cc4)ccc32)=CCC1. The minimum Gasteiger partial charge on any atom is -0.310 e. The number of benzene rings is 10. The van der Waals surface area contributed by atoms with Crippen LogP contribution in [0.15, 0.2) is 237 Å². The number of hydrogen-bond donors (Lipinski definition) is 0. The fraction of sp³-hybridized carbons (Fsp3) is 0.0299. The van der Waals surface area contributed by atoms with E-state index in [2.05, 4.69) is 246 Å². The number of thiophene rings is 1. The number of rotatable bonds is 7. The Morgan fingerprint density at radius 2 is 0.917 bits per heavy atom. The predicted molar refractivity (Wildman–Crippen MR) is 310 cm³/mol. The first-order chi connectivity index (χ1) is 35.7. The summed E-state index contributed by atoms with van der Waals surface area (Å²) in [4.78, 5) is 5.60. The molecule has 0 unspecified atom stereocenters. The molecule has 338 valence electrons. The van der Waals surface area contributed by atoms with Crippen molar-refractivity contribution in [3.05, 3.63) is 237 Å². The number of fused-ring (bicyclic) bond motifs is 10. The minimum absolute atomic E-state index is 1.03. The van der Waals surface area contributed by atoms with Crippen LogP contribution in [0.3, 0.4) is 0 Å². The van der Waals surface area contributed by atoms with Crippen LogP contribution in [0.25, 0.3) is 140 Å². The van der Waals surface area contributed by atoms with Gasteiger partial charge in [0.1, 0.15) is 5.01 Å². The van der Waals surface area contributed by atoms with Gasteiger partial charge in [-0.25, -0.2) is 4.98 Å². The second kappa shape index (κ2) is 16.5. The molecule has 3 nitrogen and oxygen atoms in total. The standard InChI is InChI=1S/C67H43N3S2/c1-3-14-48(15-4-1)69-59-23-10-7-18-52(59)57-40-46(34-38-61(57)69)42-26-30-44(31-27-42)50-36-37-51(66-64(50)68-67(72-66)56-22-13-21-55-54-20-9-12-25-63(54)71-65(55)56)45-32-28-43(29-33-45)47-35-39-62-58(41-47)53-19-8-11-24-60(53)70(62)49-16-5-2-6-17-49/h2-3,5-41H,1,4H2. The Kier molecular flexibility index (Phi) is 9.44. The van der Waals surface area contributed by atoms with Gasteiger partial charge in [0.25, 0.3) is 0 Å². The van der Waals surface area contributed by atoms with Gasteiger partial charge in [-0.05, 0) is 107 Å². The zero-order chi connectivity index (χ0) is 47.3. The third kappa shape index (κ3) is 6.51. The summed E-state index contributed by atoms with van der Waals surface area (Å²) in [6.07, 6.45) is 9.09. The quantitative estimate of drug-likeness (QED) is 0.156. The highest BCUT2D eigenvalue weighted by molar-refractivity contribution is 7.27. The van der Waals surface area contributed by atoms with Crippen LogP contribution >= 0.6 is 22.7 Å². The Bertz CT molecular complexity index is 4540. The first-order valence-electron chi connectivity index (χ1n) is 24.7. The average molecular weight is 954 g/mol. The summed E-state index contributed by atoms with van der Waals surface area (Å²) in [5.74, 6) is 0. The monoisotopic (exact) mass is 953 g/mol. The number of para-hydroxylation sites is 3. The van der Waals surface area contributed by atoms with E-state index in [-0.39, 0.29) is 0 Å². The maximum atomic E-state index is 5.60. The lowest BCUT2D eigenvalue weighted by Gasteiger charge is -2.12. The molecular weight excluding hydrogens is 911 g/mol. The van der Waals surface area contributed by atoms with E-state index < -0.39 is 0 Å². The van der Waals surface area contributed by atoms with Crippen molar-refractivity contribution in [1.82, 2.24) is 14.1 Å². The Morgan fingerprint density at radius 3 is 1.61 bits per heavy atom. The van der Waals surface area contributed by atoms with Gasteiger partial charge in [0.2, 0.25) is 0 Å². The van der Waals surface area contributed by atoms with E-state index in [1.165, 1.54) is 119 Å². The maximum absolute atomic E-state index is 5.60. The summed E-state index contributed by atoms with van der Waals surface area (Å²) < 4.78 is 8.57. The molecule has 14 aromatic rings. The molecule has 1 aliphatic rings. The fourth-order valence-corrected chi connectivity index (χ4v) is 13.8. The largest absolute Gasteiger partial charge is 0.310 e. The van der Waals surface area contributed by atoms with E-state index >= 15 is 0 Å². The average Bonchev–Trinajstić information content (AvgIpc) is 4.23. The Hall–Kier alpha value is -8.61. The van der Waals surface area contributed by atoms with Crippen molar-refractivity contribution in [2.45, 2.75) is 12.8 Å². The minimum atomic E-state index is 1.03. The lowest BCUT2D eigenvalue weighted by atomic mass is 9.95. The molecule has 1 aliphatic carbocycles. The highest BCUT2D eigenvalue weighted by Crippen LogP contribution is 2.47. The molecule has 0 saturated heterocycles. The zero-order valence-corrected chi connectivity index (χ0v) is 40.7. The second-order valence-corrected chi connectivity index (χ2v) is 21.0. The molecule has 4 heterocycles. The van der Waals surface area contributed by atoms with Crippen LogP contribution in [0.2, 0.25) is 0 Å². The van der Waals surface area contributed by atoms with Gasteiger partial charge in [0.15, 0.2) is 0 Å². The van der Waals surface area contributed by atoms with Crippen LogP contribution < -0.4 is 0 Å². The fourth-order valence-electron chi connectivity index (χ4n) is 11.4. The van der Waals surface area contributed by atoms with E-state index in [0.717, 1.165) is 34.5 Å². The number of aromatic nitrogens is 3. The molecule has 0 atom stereocenters. The molecule has 72 heavy (non-hydrogen) atoms. The van der Waals surface area contributed by atoms with Crippen LogP contribution in [0.1, 0.15) is 12.8 Å². The van der Waals surface area contributed by atoms with Crippen LogP contribution in [0, 0.1) is 0 Å². The molecule has 0 amide bonds. The number of thiazole rings is 1. The Morgan fingerprint density at radius 1 is 0.361 bits per heavy atom.